The van der Waals surface area contributed by atoms with E-state index in [1.807, 2.05) is 0 Å². The maximum absolute atomic E-state index is 13.4. The van der Waals surface area contributed by atoms with Crippen molar-refractivity contribution in [3.05, 3.63) is 45.9 Å². The number of hydrogen-bond acceptors (Lipinski definition) is 6. The number of aromatic nitrogens is 2. The Morgan fingerprint density at radius 3 is 2.50 bits per heavy atom. The van der Waals surface area contributed by atoms with Crippen molar-refractivity contribution in [3.8, 4) is 0 Å². The van der Waals surface area contributed by atoms with Crippen LogP contribution in [0.1, 0.15) is 0 Å². The molecule has 7 nitrogen and oxygen atoms in total. The average Bonchev–Trinajstić information content (AvgIpc) is 2.35. The van der Waals surface area contributed by atoms with E-state index in [0.29, 0.717) is 12.1 Å². The number of anilines is 3. The molecule has 2 aromatic rings. The molecule has 2 rings (SSSR count). The Labute approximate surface area is 109 Å². The minimum absolute atomic E-state index is 0.300. The second kappa shape index (κ2) is 4.99. The van der Waals surface area contributed by atoms with E-state index in [4.69, 9.17) is 5.73 Å². The third-order valence-corrected chi connectivity index (χ3v) is 2.25. The number of nitrogens with two attached hydrogens (primary N) is 1. The Kier molecular flexibility index (Phi) is 3.37. The van der Waals surface area contributed by atoms with Crippen LogP contribution < -0.4 is 11.1 Å². The zero-order valence-corrected chi connectivity index (χ0v) is 9.60. The number of hydrogen-bond donors (Lipinski definition) is 2. The lowest BCUT2D eigenvalue weighted by molar-refractivity contribution is -0.384. The van der Waals surface area contributed by atoms with Crippen molar-refractivity contribution in [2.45, 2.75) is 0 Å². The first-order valence-corrected chi connectivity index (χ1v) is 5.07. The minimum atomic E-state index is -1.38. The molecule has 0 saturated carbocycles. The Hall–Kier alpha value is -2.91. The molecule has 0 fully saturated rings. The van der Waals surface area contributed by atoms with Crippen LogP contribution in [0.3, 0.4) is 0 Å². The molecule has 0 aliphatic rings. The van der Waals surface area contributed by atoms with Crippen LogP contribution in [0.4, 0.5) is 36.3 Å². The van der Waals surface area contributed by atoms with Gasteiger partial charge in [0.15, 0.2) is 11.6 Å². The van der Waals surface area contributed by atoms with Crippen molar-refractivity contribution < 1.29 is 18.1 Å². The van der Waals surface area contributed by atoms with Crippen molar-refractivity contribution in [1.82, 2.24) is 9.97 Å². The first-order valence-electron chi connectivity index (χ1n) is 5.07. The number of halogens is 3. The summed E-state index contributed by atoms with van der Waals surface area (Å²) in [6.07, 6.45) is 0.808. The zero-order valence-electron chi connectivity index (χ0n) is 9.60. The molecule has 0 spiro atoms. The first kappa shape index (κ1) is 13.5. The molecule has 104 valence electrons. The van der Waals surface area contributed by atoms with E-state index in [1.54, 1.807) is 0 Å². The highest BCUT2D eigenvalue weighted by Crippen LogP contribution is 2.27. The molecule has 0 radical (unpaired) electrons. The summed E-state index contributed by atoms with van der Waals surface area (Å²) in [4.78, 5) is 16.8. The number of nitrogens with zero attached hydrogens (tertiary/aromatic N) is 3. The van der Waals surface area contributed by atoms with Gasteiger partial charge in [0.25, 0.3) is 0 Å². The highest BCUT2D eigenvalue weighted by atomic mass is 19.2. The van der Waals surface area contributed by atoms with Crippen LogP contribution in [0, 0.1) is 27.6 Å². The van der Waals surface area contributed by atoms with Crippen molar-refractivity contribution in [3.63, 3.8) is 0 Å². The predicted molar refractivity (Wildman–Crippen MR) is 62.7 cm³/mol. The fraction of sp³-hybridized carbons (Fsp3) is 0. The van der Waals surface area contributed by atoms with E-state index in [0.717, 1.165) is 6.20 Å². The number of rotatable bonds is 3. The molecular formula is C10H6F3N5O2. The van der Waals surface area contributed by atoms with Crippen LogP contribution in [0.5, 0.6) is 0 Å². The maximum atomic E-state index is 13.4. The summed E-state index contributed by atoms with van der Waals surface area (Å²) < 4.78 is 39.2. The van der Waals surface area contributed by atoms with Gasteiger partial charge in [0.2, 0.25) is 11.8 Å². The Balaban J connectivity index is 2.47. The predicted octanol–water partition coefficient (Wildman–Crippen LogP) is 2.13. The largest absolute Gasteiger partial charge is 0.368 e. The molecule has 0 amide bonds. The average molecular weight is 285 g/mol. The van der Waals surface area contributed by atoms with Gasteiger partial charge >= 0.3 is 5.69 Å². The monoisotopic (exact) mass is 285 g/mol. The van der Waals surface area contributed by atoms with Gasteiger partial charge in [-0.2, -0.15) is 4.98 Å². The molecule has 0 bridgehead atoms. The van der Waals surface area contributed by atoms with Gasteiger partial charge in [-0.15, -0.1) is 0 Å². The van der Waals surface area contributed by atoms with E-state index < -0.39 is 39.6 Å². The summed E-state index contributed by atoms with van der Waals surface area (Å²) in [6, 6.07) is 0.806. The molecule has 1 aromatic heterocycles. The van der Waals surface area contributed by atoms with E-state index in [-0.39, 0.29) is 5.95 Å². The fourth-order valence-electron chi connectivity index (χ4n) is 1.36. The molecule has 0 aliphatic heterocycles. The molecule has 20 heavy (non-hydrogen) atoms. The highest BCUT2D eigenvalue weighted by molar-refractivity contribution is 5.66. The van der Waals surface area contributed by atoms with Crippen molar-refractivity contribution in [2.24, 2.45) is 0 Å². The molecule has 0 atom stereocenters. The van der Waals surface area contributed by atoms with E-state index >= 15 is 0 Å². The van der Waals surface area contributed by atoms with E-state index in [2.05, 4.69) is 15.3 Å². The SMILES string of the molecule is Nc1ncc([N+](=O)[O-])c(Nc2cc(F)c(F)cc2F)n1. The van der Waals surface area contributed by atoms with Crippen LogP contribution in [-0.4, -0.2) is 14.9 Å². The Morgan fingerprint density at radius 1 is 1.20 bits per heavy atom. The second-order valence-corrected chi connectivity index (χ2v) is 3.59. The lowest BCUT2D eigenvalue weighted by atomic mass is 10.2. The van der Waals surface area contributed by atoms with Gasteiger partial charge in [-0.1, -0.05) is 0 Å². The third kappa shape index (κ3) is 2.58. The number of nitrogens with one attached hydrogen (secondary N) is 1. The molecule has 10 heteroatoms. The Morgan fingerprint density at radius 2 is 1.85 bits per heavy atom. The summed E-state index contributed by atoms with van der Waals surface area (Å²) in [7, 11) is 0. The number of benzene rings is 1. The van der Waals surface area contributed by atoms with Crippen molar-refractivity contribution >= 4 is 23.1 Å². The summed E-state index contributed by atoms with van der Waals surface area (Å²) in [6.45, 7) is 0. The van der Waals surface area contributed by atoms with Crippen molar-refractivity contribution in [2.75, 3.05) is 11.1 Å². The van der Waals surface area contributed by atoms with Gasteiger partial charge < -0.3 is 11.1 Å². The highest BCUT2D eigenvalue weighted by Gasteiger charge is 2.19. The van der Waals surface area contributed by atoms with Crippen LogP contribution in [0.25, 0.3) is 0 Å². The number of nitro groups is 1. The van der Waals surface area contributed by atoms with Crippen LogP contribution in [-0.2, 0) is 0 Å². The van der Waals surface area contributed by atoms with E-state index in [9.17, 15) is 23.3 Å². The molecule has 0 unspecified atom stereocenters. The molecular weight excluding hydrogens is 279 g/mol. The lowest BCUT2D eigenvalue weighted by Crippen LogP contribution is -2.05. The smallest absolute Gasteiger partial charge is 0.329 e. The second-order valence-electron chi connectivity index (χ2n) is 3.59. The summed E-state index contributed by atoms with van der Waals surface area (Å²) in [5.41, 5.74) is 4.14. The van der Waals surface area contributed by atoms with Crippen LogP contribution in [0.2, 0.25) is 0 Å². The Bertz CT molecular complexity index is 695. The zero-order chi connectivity index (χ0) is 14.9. The molecule has 3 N–H and O–H groups in total. The van der Waals surface area contributed by atoms with Gasteiger partial charge in [0.1, 0.15) is 12.0 Å². The normalized spacial score (nSPS) is 10.3. The van der Waals surface area contributed by atoms with Gasteiger partial charge in [-0.05, 0) is 0 Å². The summed E-state index contributed by atoms with van der Waals surface area (Å²) in [5.74, 6) is -4.59. The van der Waals surface area contributed by atoms with Gasteiger partial charge in [-0.3, -0.25) is 10.1 Å². The van der Waals surface area contributed by atoms with Crippen LogP contribution in [0.15, 0.2) is 18.3 Å². The quantitative estimate of drug-likeness (QED) is 0.508. The molecule has 0 saturated heterocycles. The summed E-state index contributed by atoms with van der Waals surface area (Å²) >= 11 is 0. The van der Waals surface area contributed by atoms with E-state index in [1.165, 1.54) is 0 Å². The standard InChI is InChI=1S/C10H6F3N5O2/c11-4-1-6(13)7(2-5(4)12)16-9-8(18(19)20)3-15-10(14)17-9/h1-3H,(H3,14,15,16,17). The fourth-order valence-corrected chi connectivity index (χ4v) is 1.36. The van der Waals surface area contributed by atoms with Crippen LogP contribution >= 0.6 is 0 Å². The topological polar surface area (TPSA) is 107 Å². The number of nitrogen functional groups attached to an aromatic ring is 1. The van der Waals surface area contributed by atoms with Crippen molar-refractivity contribution in [1.29, 1.82) is 0 Å². The summed E-state index contributed by atoms with van der Waals surface area (Å²) in [5, 5.41) is 12.9. The molecule has 0 aliphatic carbocycles. The first-order chi connectivity index (χ1) is 9.38. The molecule has 1 heterocycles. The maximum Gasteiger partial charge on any atom is 0.329 e. The minimum Gasteiger partial charge on any atom is -0.368 e. The van der Waals surface area contributed by atoms with Gasteiger partial charge in [-0.25, -0.2) is 18.2 Å². The lowest BCUT2D eigenvalue weighted by Gasteiger charge is -2.08. The molecule has 1 aromatic carbocycles. The van der Waals surface area contributed by atoms with Gasteiger partial charge in [0.05, 0.1) is 10.6 Å². The third-order valence-electron chi connectivity index (χ3n) is 2.25. The van der Waals surface area contributed by atoms with Gasteiger partial charge in [0, 0.05) is 12.1 Å².